The Morgan fingerprint density at radius 3 is 2.78 bits per heavy atom. The Hall–Kier alpha value is -2.95. The summed E-state index contributed by atoms with van der Waals surface area (Å²) in [6, 6.07) is 9.86. The van der Waals surface area contributed by atoms with E-state index in [2.05, 4.69) is 17.5 Å². The summed E-state index contributed by atoms with van der Waals surface area (Å²) in [6.45, 7) is 6.12. The molecule has 0 aliphatic carbocycles. The van der Waals surface area contributed by atoms with Crippen LogP contribution in [0.4, 0.5) is 5.69 Å². The molecular formula is C22H21NO4. The highest BCUT2D eigenvalue weighted by atomic mass is 16.5. The van der Waals surface area contributed by atoms with Gasteiger partial charge in [0.05, 0.1) is 18.1 Å². The minimum absolute atomic E-state index is 0.0926. The van der Waals surface area contributed by atoms with Crippen LogP contribution in [0.3, 0.4) is 0 Å². The first-order valence-electron chi connectivity index (χ1n) is 9.17. The zero-order valence-corrected chi connectivity index (χ0v) is 15.5. The first-order chi connectivity index (χ1) is 12.9. The quantitative estimate of drug-likeness (QED) is 0.814. The van der Waals surface area contributed by atoms with Crippen LogP contribution >= 0.6 is 0 Å². The number of amides is 1. The first kappa shape index (κ1) is 16.2. The molecule has 0 saturated heterocycles. The monoisotopic (exact) mass is 363 g/mol. The summed E-state index contributed by atoms with van der Waals surface area (Å²) < 4.78 is 18.5. The van der Waals surface area contributed by atoms with Crippen LogP contribution in [0, 0.1) is 0 Å². The van der Waals surface area contributed by atoms with E-state index in [1.165, 1.54) is 6.92 Å². The molecule has 1 amide bonds. The summed E-state index contributed by atoms with van der Waals surface area (Å²) in [7, 11) is 0. The molecule has 1 N–H and O–H groups in total. The molecule has 0 spiro atoms. The summed E-state index contributed by atoms with van der Waals surface area (Å²) in [4.78, 5) is 11.3. The Morgan fingerprint density at radius 1 is 1.15 bits per heavy atom. The molecule has 0 radical (unpaired) electrons. The van der Waals surface area contributed by atoms with Gasteiger partial charge in [0, 0.05) is 29.8 Å². The van der Waals surface area contributed by atoms with Crippen LogP contribution in [0.15, 0.2) is 36.4 Å². The van der Waals surface area contributed by atoms with E-state index in [1.807, 2.05) is 44.2 Å². The Morgan fingerprint density at radius 2 is 1.96 bits per heavy atom. The largest absolute Gasteiger partial charge is 0.492 e. The van der Waals surface area contributed by atoms with E-state index < -0.39 is 0 Å². The number of nitrogens with one attached hydrogen (secondary N) is 1. The summed E-state index contributed by atoms with van der Waals surface area (Å²) in [5, 5.41) is 2.81. The third-order valence-corrected chi connectivity index (χ3v) is 5.28. The van der Waals surface area contributed by atoms with Crippen LogP contribution in [0.2, 0.25) is 0 Å². The lowest BCUT2D eigenvalue weighted by molar-refractivity contribution is -0.114. The maximum atomic E-state index is 11.3. The molecule has 2 aromatic rings. The standard InChI is InChI=1S/C22H21NO4/c1-12(24)23-13-4-5-14-17-11-25-20-15-8-9-22(2,3)27-18(15)7-6-16(20)21(17)26-19(14)10-13/h4-10,17,21H,11H2,1-3H3,(H,23,24)/t17-,21-/m0/s1. The maximum absolute atomic E-state index is 11.3. The molecule has 5 nitrogen and oxygen atoms in total. The average Bonchev–Trinajstić information content (AvgIpc) is 2.97. The molecule has 0 unspecified atom stereocenters. The van der Waals surface area contributed by atoms with Crippen molar-refractivity contribution < 1.29 is 19.0 Å². The van der Waals surface area contributed by atoms with Gasteiger partial charge in [-0.05, 0) is 44.2 Å². The van der Waals surface area contributed by atoms with E-state index in [-0.39, 0.29) is 23.5 Å². The summed E-state index contributed by atoms with van der Waals surface area (Å²) >= 11 is 0. The molecule has 3 aliphatic rings. The molecule has 3 aliphatic heterocycles. The fourth-order valence-electron chi connectivity index (χ4n) is 4.07. The number of carbonyl (C=O) groups excluding carboxylic acids is 1. The average molecular weight is 363 g/mol. The maximum Gasteiger partial charge on any atom is 0.221 e. The molecule has 0 aromatic heterocycles. The van der Waals surface area contributed by atoms with Crippen molar-refractivity contribution in [3.8, 4) is 17.2 Å². The van der Waals surface area contributed by atoms with Gasteiger partial charge in [0.25, 0.3) is 0 Å². The lowest BCUT2D eigenvalue weighted by atomic mass is 9.87. The molecule has 3 heterocycles. The first-order valence-corrected chi connectivity index (χ1v) is 9.17. The number of ether oxygens (including phenoxy) is 3. The fourth-order valence-corrected chi connectivity index (χ4v) is 4.07. The van der Waals surface area contributed by atoms with Crippen molar-refractivity contribution in [1.82, 2.24) is 0 Å². The van der Waals surface area contributed by atoms with Gasteiger partial charge >= 0.3 is 0 Å². The number of hydrogen-bond acceptors (Lipinski definition) is 4. The molecular weight excluding hydrogens is 342 g/mol. The predicted molar refractivity (Wildman–Crippen MR) is 103 cm³/mol. The van der Waals surface area contributed by atoms with Gasteiger partial charge < -0.3 is 19.5 Å². The molecule has 5 heteroatoms. The lowest BCUT2D eigenvalue weighted by Crippen LogP contribution is -2.29. The van der Waals surface area contributed by atoms with Crippen LogP contribution in [0.5, 0.6) is 17.2 Å². The molecule has 138 valence electrons. The van der Waals surface area contributed by atoms with Crippen molar-refractivity contribution in [3.05, 3.63) is 53.1 Å². The highest BCUT2D eigenvalue weighted by Crippen LogP contribution is 2.54. The third-order valence-electron chi connectivity index (χ3n) is 5.28. The number of benzene rings is 2. The van der Waals surface area contributed by atoms with Crippen molar-refractivity contribution >= 4 is 17.7 Å². The van der Waals surface area contributed by atoms with E-state index in [1.54, 1.807) is 0 Å². The Kier molecular flexibility index (Phi) is 3.32. The van der Waals surface area contributed by atoms with Crippen molar-refractivity contribution in [2.75, 3.05) is 11.9 Å². The zero-order valence-electron chi connectivity index (χ0n) is 15.5. The molecule has 5 rings (SSSR count). The molecule has 0 fully saturated rings. The van der Waals surface area contributed by atoms with Gasteiger partial charge in [0.1, 0.15) is 29.0 Å². The summed E-state index contributed by atoms with van der Waals surface area (Å²) in [5.74, 6) is 2.53. The normalized spacial score (nSPS) is 22.9. The van der Waals surface area contributed by atoms with Crippen molar-refractivity contribution in [2.45, 2.75) is 38.4 Å². The second-order valence-electron chi connectivity index (χ2n) is 7.82. The Balaban J connectivity index is 1.52. The SMILES string of the molecule is CC(=O)Nc1ccc2c(c1)O[C@H]1c3ccc4c(c3OC[C@@H]21)C=CC(C)(C)O4. The van der Waals surface area contributed by atoms with E-state index in [9.17, 15) is 4.79 Å². The minimum atomic E-state index is -0.321. The predicted octanol–water partition coefficient (Wildman–Crippen LogP) is 4.44. The van der Waals surface area contributed by atoms with Gasteiger partial charge in [-0.3, -0.25) is 4.79 Å². The van der Waals surface area contributed by atoms with Gasteiger partial charge in [0.15, 0.2) is 0 Å². The van der Waals surface area contributed by atoms with E-state index in [4.69, 9.17) is 14.2 Å². The van der Waals surface area contributed by atoms with Gasteiger partial charge in [-0.2, -0.15) is 0 Å². The second-order valence-corrected chi connectivity index (χ2v) is 7.82. The van der Waals surface area contributed by atoms with Gasteiger partial charge in [-0.25, -0.2) is 0 Å². The van der Waals surface area contributed by atoms with E-state index in [0.717, 1.165) is 39.6 Å². The van der Waals surface area contributed by atoms with Crippen molar-refractivity contribution in [2.24, 2.45) is 0 Å². The van der Waals surface area contributed by atoms with E-state index in [0.29, 0.717) is 6.61 Å². The third kappa shape index (κ3) is 2.57. The lowest BCUT2D eigenvalue weighted by Gasteiger charge is -2.33. The number of rotatable bonds is 1. The van der Waals surface area contributed by atoms with E-state index >= 15 is 0 Å². The number of hydrogen-bond donors (Lipinski definition) is 1. The van der Waals surface area contributed by atoms with Crippen LogP contribution in [-0.2, 0) is 4.79 Å². The van der Waals surface area contributed by atoms with Crippen molar-refractivity contribution in [1.29, 1.82) is 0 Å². The van der Waals surface area contributed by atoms with Gasteiger partial charge in [-0.1, -0.05) is 6.07 Å². The summed E-state index contributed by atoms with van der Waals surface area (Å²) in [5.41, 5.74) is 3.55. The van der Waals surface area contributed by atoms with Crippen LogP contribution in [-0.4, -0.2) is 18.1 Å². The highest BCUT2D eigenvalue weighted by Gasteiger charge is 2.42. The highest BCUT2D eigenvalue weighted by molar-refractivity contribution is 5.89. The Bertz CT molecular complexity index is 992. The topological polar surface area (TPSA) is 56.8 Å². The van der Waals surface area contributed by atoms with Crippen LogP contribution in [0.1, 0.15) is 49.5 Å². The van der Waals surface area contributed by atoms with Gasteiger partial charge in [0.2, 0.25) is 5.91 Å². The number of carbonyl (C=O) groups is 1. The van der Waals surface area contributed by atoms with Crippen molar-refractivity contribution in [3.63, 3.8) is 0 Å². The smallest absolute Gasteiger partial charge is 0.221 e. The molecule has 2 aromatic carbocycles. The molecule has 0 bridgehead atoms. The fraction of sp³-hybridized carbons (Fsp3) is 0.318. The minimum Gasteiger partial charge on any atom is -0.492 e. The number of anilines is 1. The Labute approximate surface area is 157 Å². The molecule has 2 atom stereocenters. The second kappa shape index (κ2) is 5.52. The van der Waals surface area contributed by atoms with Crippen LogP contribution in [0.25, 0.3) is 6.08 Å². The molecule has 27 heavy (non-hydrogen) atoms. The molecule has 0 saturated carbocycles. The summed E-state index contributed by atoms with van der Waals surface area (Å²) in [6.07, 6.45) is 4.04. The van der Waals surface area contributed by atoms with Crippen LogP contribution < -0.4 is 19.5 Å². The van der Waals surface area contributed by atoms with Gasteiger partial charge in [-0.15, -0.1) is 0 Å². The number of fused-ring (bicyclic) bond motifs is 7. The zero-order chi connectivity index (χ0) is 18.8.